The van der Waals surface area contributed by atoms with Crippen LogP contribution in [0, 0.1) is 26.2 Å². The molecule has 0 aliphatic carbocycles. The van der Waals surface area contributed by atoms with Crippen LogP contribution in [0.3, 0.4) is 0 Å². The van der Waals surface area contributed by atoms with Crippen LogP contribution in [0.25, 0.3) is 0 Å². The van der Waals surface area contributed by atoms with Crippen molar-refractivity contribution in [2.75, 3.05) is 0 Å². The van der Waals surface area contributed by atoms with Crippen LogP contribution in [0.5, 0.6) is 0 Å². The Kier molecular flexibility index (Phi) is 7.72. The van der Waals surface area contributed by atoms with Gasteiger partial charge in [-0.2, -0.15) is 0 Å². The van der Waals surface area contributed by atoms with Crippen molar-refractivity contribution >= 4 is 49.6 Å². The quantitative estimate of drug-likeness (QED) is 0.446. The van der Waals surface area contributed by atoms with Crippen LogP contribution in [0.1, 0.15) is 0 Å². The van der Waals surface area contributed by atoms with E-state index in [9.17, 15) is 0 Å². The molecular formula is HAtCl4Si. The summed E-state index contributed by atoms with van der Waals surface area (Å²) < 4.78 is 0. The Morgan fingerprint density at radius 2 is 0.833 bits per heavy atom. The van der Waals surface area contributed by atoms with Gasteiger partial charge in [0.1, 0.15) is 0 Å². The zero-order chi connectivity index (χ0) is 4.50. The summed E-state index contributed by atoms with van der Waals surface area (Å²) in [7, 11) is 0. The fourth-order valence-corrected chi connectivity index (χ4v) is 0. The molecule has 0 aromatic carbocycles. The fraction of sp³-hybridized carbons (Fsp3) is 0. The van der Waals surface area contributed by atoms with Crippen molar-refractivity contribution in [3.05, 3.63) is 0 Å². The summed E-state index contributed by atoms with van der Waals surface area (Å²) in [6.07, 6.45) is 0. The van der Waals surface area contributed by atoms with Gasteiger partial charge in [-0.3, -0.25) is 0 Å². The van der Waals surface area contributed by atoms with E-state index in [-0.39, 0.29) is 26.2 Å². The van der Waals surface area contributed by atoms with E-state index in [1.54, 1.807) is 0 Å². The van der Waals surface area contributed by atoms with E-state index < -0.39 is 5.31 Å². The van der Waals surface area contributed by atoms with E-state index in [4.69, 9.17) is 44.3 Å². The monoisotopic (exact) mass is 379 g/mol. The van der Waals surface area contributed by atoms with Crippen molar-refractivity contribution in [2.45, 2.75) is 0 Å². The van der Waals surface area contributed by atoms with Crippen molar-refractivity contribution < 1.29 is 26.2 Å². The third kappa shape index (κ3) is 33.9. The van der Waals surface area contributed by atoms with E-state index in [0.29, 0.717) is 0 Å². The molecule has 0 aliphatic heterocycles. The molecule has 0 saturated heterocycles. The SMILES string of the molecule is Cl[Si](Cl)(Cl)Cl.[AtH]. The topological polar surface area (TPSA) is 0 Å². The molecule has 0 heterocycles. The van der Waals surface area contributed by atoms with Gasteiger partial charge in [0.2, 0.25) is 0 Å². The van der Waals surface area contributed by atoms with Crippen molar-refractivity contribution in [3.63, 3.8) is 0 Å². The molecule has 0 saturated carbocycles. The van der Waals surface area contributed by atoms with Crippen LogP contribution in [0.15, 0.2) is 0 Å². The molecule has 0 unspecified atom stereocenters. The first kappa shape index (κ1) is 11.1. The van der Waals surface area contributed by atoms with E-state index in [0.717, 1.165) is 0 Å². The van der Waals surface area contributed by atoms with E-state index in [2.05, 4.69) is 0 Å². The summed E-state index contributed by atoms with van der Waals surface area (Å²) in [6.45, 7) is 0. The number of hydrogen-bond acceptors (Lipinski definition) is 0. The van der Waals surface area contributed by atoms with Crippen molar-refractivity contribution in [1.82, 2.24) is 0 Å². The van der Waals surface area contributed by atoms with Crippen LogP contribution >= 0.6 is 44.3 Å². The molecule has 0 N–H and O–H groups in total. The minimum atomic E-state index is -2.72. The number of rotatable bonds is 0. The Bertz CT molecular complexity index is 23.0. The van der Waals surface area contributed by atoms with E-state index in [1.165, 1.54) is 0 Å². The first-order valence-corrected chi connectivity index (χ1v) is 6.80. The number of hydrogen-bond donors (Lipinski definition) is 0. The summed E-state index contributed by atoms with van der Waals surface area (Å²) in [6, 6.07) is 0. The van der Waals surface area contributed by atoms with Crippen LogP contribution < -0.4 is 0 Å². The molecule has 0 aromatic rings. The van der Waals surface area contributed by atoms with Gasteiger partial charge < -0.3 is 0 Å². The Balaban J connectivity index is 0. The molecule has 0 spiro atoms. The third-order valence-corrected chi connectivity index (χ3v) is 0. The molecule has 40 valence electrons. The van der Waals surface area contributed by atoms with Gasteiger partial charge in [0.05, 0.1) is 0 Å². The molecule has 0 bridgehead atoms. The summed E-state index contributed by atoms with van der Waals surface area (Å²) in [5, 5.41) is -2.72. The van der Waals surface area contributed by atoms with Crippen molar-refractivity contribution in [1.29, 1.82) is 0 Å². The molecule has 6 heteroatoms. The summed E-state index contributed by atoms with van der Waals surface area (Å²) in [5.41, 5.74) is 0. The normalized spacial score (nSPS) is 10.0. The van der Waals surface area contributed by atoms with Crippen molar-refractivity contribution in [2.24, 2.45) is 0 Å². The molecule has 0 nitrogen and oxygen atoms in total. The third-order valence-electron chi connectivity index (χ3n) is 0. The maximum atomic E-state index is 4.97. The van der Waals surface area contributed by atoms with Gasteiger partial charge >= 0.3 is 31.5 Å². The molecule has 0 amide bonds. The zero-order valence-corrected chi connectivity index (χ0v) is 9.62. The maximum absolute atomic E-state index is 4.97. The van der Waals surface area contributed by atoms with E-state index >= 15 is 0 Å². The number of halogens is 4. The van der Waals surface area contributed by atoms with Crippen LogP contribution in [-0.4, -0.2) is 5.31 Å². The molecule has 6 heavy (non-hydrogen) atoms. The van der Waals surface area contributed by atoms with Gasteiger partial charge in [0.15, 0.2) is 0 Å². The molecular weight excluding hydrogens is 380 g/mol. The summed E-state index contributed by atoms with van der Waals surface area (Å²) in [4.78, 5) is 0. The Labute approximate surface area is 75.0 Å². The van der Waals surface area contributed by atoms with Gasteiger partial charge in [0.25, 0.3) is 0 Å². The average molecular weight is 381 g/mol. The molecule has 0 atom stereocenters. The van der Waals surface area contributed by atoms with Gasteiger partial charge in [-0.05, 0) is 0 Å². The predicted octanol–water partition coefficient (Wildman–Crippen LogP) is 2.11. The Morgan fingerprint density at radius 1 is 0.833 bits per heavy atom. The predicted molar refractivity (Wildman–Crippen MR) is 30.6 cm³/mol. The van der Waals surface area contributed by atoms with Crippen LogP contribution in [0.4, 0.5) is 0 Å². The Hall–Kier alpha value is 2.26. The van der Waals surface area contributed by atoms with Crippen LogP contribution in [0.2, 0.25) is 0 Å². The second kappa shape index (κ2) is 4.17. The van der Waals surface area contributed by atoms with Crippen LogP contribution in [-0.2, 0) is 0 Å². The standard InChI is InChI=1S/AtH.Cl4Si/c;1-5(2,3)4/h1H;. The molecule has 0 aliphatic rings. The van der Waals surface area contributed by atoms with Gasteiger partial charge in [-0.25, -0.2) is 0 Å². The Morgan fingerprint density at radius 3 is 0.833 bits per heavy atom. The summed E-state index contributed by atoms with van der Waals surface area (Å²) in [5.74, 6) is 0. The minimum absolute atomic E-state index is 0. The molecule has 0 aromatic heterocycles. The van der Waals surface area contributed by atoms with Gasteiger partial charge in [0, 0.05) is 0 Å². The molecule has 0 radical (unpaired) electrons. The molecule has 0 rings (SSSR count). The van der Waals surface area contributed by atoms with E-state index in [1.807, 2.05) is 0 Å². The van der Waals surface area contributed by atoms with Crippen molar-refractivity contribution in [3.8, 4) is 0 Å². The first-order valence-electron chi connectivity index (χ1n) is 0.756. The zero-order valence-electron chi connectivity index (χ0n) is 2.42. The van der Waals surface area contributed by atoms with Gasteiger partial charge in [-0.1, -0.05) is 0 Å². The molecule has 0 fully saturated rings. The van der Waals surface area contributed by atoms with Gasteiger partial charge in [-0.15, -0.1) is 44.3 Å². The second-order valence-corrected chi connectivity index (χ2v) is 11.6. The second-order valence-electron chi connectivity index (χ2n) is 0.429. The fourth-order valence-electron chi connectivity index (χ4n) is 0. The first-order chi connectivity index (χ1) is 2.00. The average Bonchev–Trinajstić information content (AvgIpc) is 0.722. The summed E-state index contributed by atoms with van der Waals surface area (Å²) >= 11 is 19.9.